The van der Waals surface area contributed by atoms with Gasteiger partial charge >= 0.3 is 5.97 Å². The Balaban J connectivity index is 2.46. The predicted octanol–water partition coefficient (Wildman–Crippen LogP) is 0.145. The molecule has 19 heavy (non-hydrogen) atoms. The number of carbonyl (C=O) groups excluding carboxylic acids is 2. The fraction of sp³-hybridized carbons (Fsp3) is 0.250. The first kappa shape index (κ1) is 14.6. The van der Waals surface area contributed by atoms with Crippen LogP contribution >= 0.6 is 0 Å². The summed E-state index contributed by atoms with van der Waals surface area (Å²) >= 11 is 0. The van der Waals surface area contributed by atoms with E-state index in [1.807, 2.05) is 0 Å². The summed E-state index contributed by atoms with van der Waals surface area (Å²) in [6, 6.07) is 3.96. The maximum absolute atomic E-state index is 12.9. The van der Waals surface area contributed by atoms with E-state index >= 15 is 0 Å². The monoisotopic (exact) mass is 268 g/mol. The number of nitrogens with one attached hydrogen (secondary N) is 2. The molecule has 0 aromatic heterocycles. The largest absolute Gasteiger partial charge is 0.480 e. The summed E-state index contributed by atoms with van der Waals surface area (Å²) in [5.74, 6) is -2.99. The molecule has 0 aliphatic heterocycles. The van der Waals surface area contributed by atoms with Crippen LogP contribution in [0.25, 0.3) is 0 Å². The first-order chi connectivity index (χ1) is 8.90. The molecule has 7 heteroatoms. The number of hydrogen-bond acceptors (Lipinski definition) is 3. The topological polar surface area (TPSA) is 95.5 Å². The van der Waals surface area contributed by atoms with Crippen molar-refractivity contribution in [3.05, 3.63) is 35.6 Å². The molecule has 0 radical (unpaired) electrons. The Hall–Kier alpha value is -2.44. The number of carboxylic acid groups (broad SMARTS) is 1. The lowest BCUT2D eigenvalue weighted by atomic mass is 10.2. The summed E-state index contributed by atoms with van der Waals surface area (Å²) in [5, 5.41) is 13.0. The second-order valence-corrected chi connectivity index (χ2v) is 3.82. The minimum Gasteiger partial charge on any atom is -0.480 e. The van der Waals surface area contributed by atoms with Crippen LogP contribution in [0.2, 0.25) is 0 Å². The highest BCUT2D eigenvalue weighted by Crippen LogP contribution is 2.02. The fourth-order valence-corrected chi connectivity index (χ4v) is 1.25. The molecule has 0 bridgehead atoms. The van der Waals surface area contributed by atoms with Crippen molar-refractivity contribution in [2.45, 2.75) is 13.0 Å². The number of hydrogen-bond donors (Lipinski definition) is 3. The molecule has 1 aromatic carbocycles. The van der Waals surface area contributed by atoms with E-state index in [1.165, 1.54) is 25.1 Å². The summed E-state index contributed by atoms with van der Waals surface area (Å²) in [6.45, 7) is 0.918. The molecule has 0 saturated heterocycles. The van der Waals surface area contributed by atoms with Gasteiger partial charge in [0.2, 0.25) is 5.91 Å². The van der Waals surface area contributed by atoms with Crippen molar-refractivity contribution in [1.29, 1.82) is 0 Å². The van der Waals surface area contributed by atoms with Gasteiger partial charge in [0, 0.05) is 5.56 Å². The van der Waals surface area contributed by atoms with Crippen LogP contribution in [0.1, 0.15) is 17.3 Å². The third kappa shape index (κ3) is 4.74. The molecule has 0 aliphatic rings. The number of rotatable bonds is 5. The van der Waals surface area contributed by atoms with Crippen molar-refractivity contribution < 1.29 is 23.9 Å². The van der Waals surface area contributed by atoms with E-state index in [9.17, 15) is 18.8 Å². The lowest BCUT2D eigenvalue weighted by Gasteiger charge is -2.10. The maximum Gasteiger partial charge on any atom is 0.325 e. The van der Waals surface area contributed by atoms with Gasteiger partial charge in [-0.05, 0) is 25.1 Å². The highest BCUT2D eigenvalue weighted by Gasteiger charge is 2.14. The third-order valence-corrected chi connectivity index (χ3v) is 2.24. The van der Waals surface area contributed by atoms with Gasteiger partial charge in [0.05, 0.1) is 6.54 Å². The van der Waals surface area contributed by atoms with Crippen molar-refractivity contribution in [3.63, 3.8) is 0 Å². The molecule has 1 atom stereocenters. The van der Waals surface area contributed by atoms with E-state index < -0.39 is 29.6 Å². The van der Waals surface area contributed by atoms with Crippen LogP contribution in [0, 0.1) is 5.82 Å². The number of aliphatic carboxylic acids is 1. The van der Waals surface area contributed by atoms with Crippen molar-refractivity contribution in [3.8, 4) is 0 Å². The maximum atomic E-state index is 12.9. The molecule has 0 heterocycles. The molecule has 102 valence electrons. The zero-order valence-corrected chi connectivity index (χ0v) is 10.1. The summed E-state index contributed by atoms with van der Waals surface area (Å²) in [6.07, 6.45) is 0. The van der Waals surface area contributed by atoms with E-state index in [4.69, 9.17) is 5.11 Å². The van der Waals surface area contributed by atoms with E-state index in [-0.39, 0.29) is 12.1 Å². The number of benzene rings is 1. The molecule has 2 amide bonds. The summed E-state index contributed by atoms with van der Waals surface area (Å²) in [7, 11) is 0. The van der Waals surface area contributed by atoms with Crippen molar-refractivity contribution in [2.75, 3.05) is 6.54 Å². The molecule has 6 nitrogen and oxygen atoms in total. The van der Waals surface area contributed by atoms with Gasteiger partial charge in [-0.2, -0.15) is 0 Å². The molecule has 0 spiro atoms. The third-order valence-electron chi connectivity index (χ3n) is 2.24. The molecule has 3 N–H and O–H groups in total. The lowest BCUT2D eigenvalue weighted by Crippen LogP contribution is -2.44. The zero-order chi connectivity index (χ0) is 14.4. The highest BCUT2D eigenvalue weighted by atomic mass is 19.1. The number of carboxylic acids is 1. The fourth-order valence-electron chi connectivity index (χ4n) is 1.25. The van der Waals surface area contributed by atoms with Gasteiger partial charge in [0.1, 0.15) is 11.9 Å². The van der Waals surface area contributed by atoms with Crippen molar-refractivity contribution in [2.24, 2.45) is 0 Å². The second kappa shape index (κ2) is 6.48. The van der Waals surface area contributed by atoms with E-state index in [2.05, 4.69) is 10.6 Å². The lowest BCUT2D eigenvalue weighted by molar-refractivity contribution is -0.141. The predicted molar refractivity (Wildman–Crippen MR) is 64.0 cm³/mol. The van der Waals surface area contributed by atoms with E-state index in [0.717, 1.165) is 6.07 Å². The van der Waals surface area contributed by atoms with Crippen LogP contribution in [0.4, 0.5) is 4.39 Å². The molecule has 1 aromatic rings. The first-order valence-corrected chi connectivity index (χ1v) is 5.46. The van der Waals surface area contributed by atoms with Crippen LogP contribution in [-0.4, -0.2) is 35.5 Å². The average Bonchev–Trinajstić information content (AvgIpc) is 2.35. The zero-order valence-electron chi connectivity index (χ0n) is 10.1. The minimum atomic E-state index is -1.18. The molecular formula is C12H13FN2O4. The summed E-state index contributed by atoms with van der Waals surface area (Å²) in [5.41, 5.74) is 0.0825. The molecular weight excluding hydrogens is 255 g/mol. The van der Waals surface area contributed by atoms with Crippen LogP contribution in [0.5, 0.6) is 0 Å². The number of carbonyl (C=O) groups is 3. The van der Waals surface area contributed by atoms with Gasteiger partial charge in [-0.25, -0.2) is 4.39 Å². The average molecular weight is 268 g/mol. The van der Waals surface area contributed by atoms with Gasteiger partial charge < -0.3 is 15.7 Å². The van der Waals surface area contributed by atoms with Crippen molar-refractivity contribution >= 4 is 17.8 Å². The van der Waals surface area contributed by atoms with Gasteiger partial charge in [-0.15, -0.1) is 0 Å². The minimum absolute atomic E-state index is 0.0825. The summed E-state index contributed by atoms with van der Waals surface area (Å²) in [4.78, 5) is 33.3. The van der Waals surface area contributed by atoms with Gasteiger partial charge in [0.25, 0.3) is 5.91 Å². The Morgan fingerprint density at radius 1 is 1.37 bits per heavy atom. The Labute approximate surface area is 108 Å². The molecule has 0 fully saturated rings. The van der Waals surface area contributed by atoms with Crippen molar-refractivity contribution in [1.82, 2.24) is 10.6 Å². The van der Waals surface area contributed by atoms with Gasteiger partial charge in [-0.1, -0.05) is 6.07 Å². The Morgan fingerprint density at radius 2 is 2.05 bits per heavy atom. The van der Waals surface area contributed by atoms with E-state index in [1.54, 1.807) is 0 Å². The molecule has 0 unspecified atom stereocenters. The quantitative estimate of drug-likeness (QED) is 0.708. The smallest absolute Gasteiger partial charge is 0.325 e. The summed E-state index contributed by atoms with van der Waals surface area (Å²) < 4.78 is 12.9. The first-order valence-electron chi connectivity index (χ1n) is 5.46. The highest BCUT2D eigenvalue weighted by molar-refractivity contribution is 5.96. The SMILES string of the molecule is C[C@H](NC(=O)CNC(=O)c1cccc(F)c1)C(=O)O. The Bertz CT molecular complexity index is 504. The van der Waals surface area contributed by atoms with Crippen LogP contribution in [0.15, 0.2) is 24.3 Å². The normalized spacial score (nSPS) is 11.5. The number of halogens is 1. The van der Waals surface area contributed by atoms with Gasteiger partial charge in [0.15, 0.2) is 0 Å². The molecule has 0 saturated carbocycles. The van der Waals surface area contributed by atoms with Crippen LogP contribution < -0.4 is 10.6 Å². The van der Waals surface area contributed by atoms with Gasteiger partial charge in [-0.3, -0.25) is 14.4 Å². The van der Waals surface area contributed by atoms with Crippen LogP contribution in [-0.2, 0) is 9.59 Å². The molecule has 0 aliphatic carbocycles. The van der Waals surface area contributed by atoms with Crippen LogP contribution in [0.3, 0.4) is 0 Å². The second-order valence-electron chi connectivity index (χ2n) is 3.82. The van der Waals surface area contributed by atoms with E-state index in [0.29, 0.717) is 0 Å². The standard InChI is InChI=1S/C12H13FN2O4/c1-7(12(18)19)15-10(16)6-14-11(17)8-3-2-4-9(13)5-8/h2-5,7H,6H2,1H3,(H,14,17)(H,15,16)(H,18,19)/t7-/m0/s1. The molecule has 1 rings (SSSR count). The Kier molecular flexibility index (Phi) is 4.99. The Morgan fingerprint density at radius 3 is 2.63 bits per heavy atom. The number of amides is 2.